The van der Waals surface area contributed by atoms with E-state index in [-0.39, 0.29) is 6.54 Å². The molecule has 1 atom stereocenters. The van der Waals surface area contributed by atoms with Crippen molar-refractivity contribution in [2.75, 3.05) is 26.2 Å². The highest BCUT2D eigenvalue weighted by atomic mass is 16.3. The van der Waals surface area contributed by atoms with Gasteiger partial charge < -0.3 is 15.7 Å². The molecule has 116 valence electrons. The summed E-state index contributed by atoms with van der Waals surface area (Å²) in [5.74, 6) is 0. The SMILES string of the molecule is NCC(O)(CN1CCC2(CCCC2)CC1)c1ccccc1. The van der Waals surface area contributed by atoms with Gasteiger partial charge >= 0.3 is 0 Å². The summed E-state index contributed by atoms with van der Waals surface area (Å²) in [4.78, 5) is 2.41. The van der Waals surface area contributed by atoms with Crippen molar-refractivity contribution in [1.82, 2.24) is 4.90 Å². The van der Waals surface area contributed by atoms with Crippen molar-refractivity contribution in [3.05, 3.63) is 35.9 Å². The van der Waals surface area contributed by atoms with Gasteiger partial charge in [0.15, 0.2) is 0 Å². The quantitative estimate of drug-likeness (QED) is 0.895. The van der Waals surface area contributed by atoms with E-state index in [1.54, 1.807) is 0 Å². The molecule has 1 unspecified atom stereocenters. The maximum Gasteiger partial charge on any atom is 0.114 e. The zero-order valence-electron chi connectivity index (χ0n) is 12.9. The van der Waals surface area contributed by atoms with Crippen LogP contribution in [0.25, 0.3) is 0 Å². The Labute approximate surface area is 128 Å². The molecule has 3 heteroatoms. The van der Waals surface area contributed by atoms with Gasteiger partial charge in [-0.2, -0.15) is 0 Å². The molecule has 1 heterocycles. The Balaban J connectivity index is 1.63. The molecular formula is C18H28N2O. The van der Waals surface area contributed by atoms with Crippen LogP contribution in [0.1, 0.15) is 44.1 Å². The third-order valence-corrected chi connectivity index (χ3v) is 5.71. The summed E-state index contributed by atoms with van der Waals surface area (Å²) >= 11 is 0. The summed E-state index contributed by atoms with van der Waals surface area (Å²) < 4.78 is 0. The fraction of sp³-hybridized carbons (Fsp3) is 0.667. The number of β-amino-alcohol motifs (C(OH)–C–C–N with tert-alkyl or cyclic N) is 1. The second kappa shape index (κ2) is 6.07. The first-order valence-electron chi connectivity index (χ1n) is 8.36. The van der Waals surface area contributed by atoms with E-state index in [0.717, 1.165) is 18.7 Å². The number of aliphatic hydroxyl groups is 1. The van der Waals surface area contributed by atoms with E-state index in [1.807, 2.05) is 30.3 Å². The second-order valence-electron chi connectivity index (χ2n) is 7.08. The number of nitrogens with zero attached hydrogens (tertiary/aromatic N) is 1. The van der Waals surface area contributed by atoms with Crippen molar-refractivity contribution >= 4 is 0 Å². The molecule has 3 nitrogen and oxygen atoms in total. The van der Waals surface area contributed by atoms with Gasteiger partial charge in [-0.05, 0) is 49.8 Å². The number of benzene rings is 1. The summed E-state index contributed by atoms with van der Waals surface area (Å²) in [7, 11) is 0. The first kappa shape index (κ1) is 15.0. The Kier molecular flexibility index (Phi) is 4.34. The van der Waals surface area contributed by atoms with Crippen LogP contribution in [0.2, 0.25) is 0 Å². The van der Waals surface area contributed by atoms with Crippen molar-refractivity contribution in [3.8, 4) is 0 Å². The first-order valence-corrected chi connectivity index (χ1v) is 8.36. The first-order chi connectivity index (χ1) is 10.2. The molecule has 0 amide bonds. The summed E-state index contributed by atoms with van der Waals surface area (Å²) in [5, 5.41) is 10.9. The average molecular weight is 288 g/mol. The molecular weight excluding hydrogens is 260 g/mol. The van der Waals surface area contributed by atoms with Crippen LogP contribution in [0, 0.1) is 5.41 Å². The van der Waals surface area contributed by atoms with Crippen LogP contribution in [-0.4, -0.2) is 36.2 Å². The largest absolute Gasteiger partial charge is 0.382 e. The lowest BCUT2D eigenvalue weighted by Gasteiger charge is -2.42. The lowest BCUT2D eigenvalue weighted by Crippen LogP contribution is -2.49. The second-order valence-corrected chi connectivity index (χ2v) is 7.08. The Morgan fingerprint density at radius 1 is 1.05 bits per heavy atom. The molecule has 1 saturated carbocycles. The minimum atomic E-state index is -0.915. The predicted molar refractivity (Wildman–Crippen MR) is 86.0 cm³/mol. The van der Waals surface area contributed by atoms with E-state index in [4.69, 9.17) is 5.73 Å². The van der Waals surface area contributed by atoms with Gasteiger partial charge in [0.2, 0.25) is 0 Å². The monoisotopic (exact) mass is 288 g/mol. The van der Waals surface area contributed by atoms with E-state index in [0.29, 0.717) is 12.0 Å². The Morgan fingerprint density at radius 2 is 1.67 bits per heavy atom. The van der Waals surface area contributed by atoms with Gasteiger partial charge in [-0.3, -0.25) is 0 Å². The Morgan fingerprint density at radius 3 is 2.24 bits per heavy atom. The molecule has 3 rings (SSSR count). The van der Waals surface area contributed by atoms with Crippen LogP contribution >= 0.6 is 0 Å². The molecule has 1 aliphatic heterocycles. The number of likely N-dealkylation sites (tertiary alicyclic amines) is 1. The third kappa shape index (κ3) is 3.15. The van der Waals surface area contributed by atoms with Crippen molar-refractivity contribution in [2.24, 2.45) is 11.1 Å². The van der Waals surface area contributed by atoms with Gasteiger partial charge in [-0.1, -0.05) is 43.2 Å². The molecule has 1 saturated heterocycles. The van der Waals surface area contributed by atoms with E-state index in [1.165, 1.54) is 38.5 Å². The van der Waals surface area contributed by atoms with Crippen molar-refractivity contribution < 1.29 is 5.11 Å². The van der Waals surface area contributed by atoms with Crippen molar-refractivity contribution in [2.45, 2.75) is 44.1 Å². The van der Waals surface area contributed by atoms with Crippen LogP contribution in [0.3, 0.4) is 0 Å². The molecule has 0 bridgehead atoms. The zero-order chi connectivity index (χ0) is 14.8. The summed E-state index contributed by atoms with van der Waals surface area (Å²) in [6, 6.07) is 9.88. The number of rotatable bonds is 4. The lowest BCUT2D eigenvalue weighted by molar-refractivity contribution is -0.0122. The molecule has 3 N–H and O–H groups in total. The van der Waals surface area contributed by atoms with Gasteiger partial charge in [0.25, 0.3) is 0 Å². The van der Waals surface area contributed by atoms with Gasteiger partial charge in [-0.15, -0.1) is 0 Å². The zero-order valence-corrected chi connectivity index (χ0v) is 12.9. The summed E-state index contributed by atoms with van der Waals surface area (Å²) in [6.45, 7) is 3.15. The molecule has 21 heavy (non-hydrogen) atoms. The lowest BCUT2D eigenvalue weighted by atomic mass is 9.76. The highest BCUT2D eigenvalue weighted by molar-refractivity contribution is 5.23. The van der Waals surface area contributed by atoms with Crippen molar-refractivity contribution in [3.63, 3.8) is 0 Å². The van der Waals surface area contributed by atoms with E-state index in [9.17, 15) is 5.11 Å². The normalized spacial score (nSPS) is 25.0. The van der Waals surface area contributed by atoms with Gasteiger partial charge in [0.1, 0.15) is 5.60 Å². The van der Waals surface area contributed by atoms with E-state index >= 15 is 0 Å². The third-order valence-electron chi connectivity index (χ3n) is 5.71. The van der Waals surface area contributed by atoms with Crippen LogP contribution in [0.4, 0.5) is 0 Å². The standard InChI is InChI=1S/C18H28N2O/c19-14-18(21,16-6-2-1-3-7-16)15-20-12-10-17(11-13-20)8-4-5-9-17/h1-3,6-7,21H,4-5,8-15,19H2. The Hall–Kier alpha value is -0.900. The predicted octanol–water partition coefficient (Wildman–Crippen LogP) is 2.49. The highest BCUT2D eigenvalue weighted by Gasteiger charge is 2.39. The minimum Gasteiger partial charge on any atom is -0.382 e. The van der Waals surface area contributed by atoms with Gasteiger partial charge in [0.05, 0.1) is 0 Å². The number of nitrogens with two attached hydrogens (primary N) is 1. The summed E-state index contributed by atoms with van der Waals surface area (Å²) in [6.07, 6.45) is 8.25. The maximum absolute atomic E-state index is 10.9. The maximum atomic E-state index is 10.9. The average Bonchev–Trinajstić information content (AvgIpc) is 2.99. The molecule has 1 aromatic carbocycles. The number of hydrogen-bond acceptors (Lipinski definition) is 3. The molecule has 1 aromatic rings. The number of hydrogen-bond donors (Lipinski definition) is 2. The van der Waals surface area contributed by atoms with Crippen LogP contribution in [-0.2, 0) is 5.60 Å². The topological polar surface area (TPSA) is 49.5 Å². The fourth-order valence-corrected chi connectivity index (χ4v) is 4.20. The molecule has 0 aromatic heterocycles. The fourth-order valence-electron chi connectivity index (χ4n) is 4.20. The van der Waals surface area contributed by atoms with Gasteiger partial charge in [0, 0.05) is 13.1 Å². The molecule has 2 fully saturated rings. The van der Waals surface area contributed by atoms with Crippen molar-refractivity contribution in [1.29, 1.82) is 0 Å². The highest BCUT2D eigenvalue weighted by Crippen LogP contribution is 2.46. The van der Waals surface area contributed by atoms with E-state index < -0.39 is 5.60 Å². The van der Waals surface area contributed by atoms with Crippen LogP contribution in [0.15, 0.2) is 30.3 Å². The molecule has 2 aliphatic rings. The van der Waals surface area contributed by atoms with E-state index in [2.05, 4.69) is 4.90 Å². The Bertz CT molecular complexity index is 446. The minimum absolute atomic E-state index is 0.276. The van der Waals surface area contributed by atoms with Crippen LogP contribution in [0.5, 0.6) is 0 Å². The molecule has 0 radical (unpaired) electrons. The van der Waals surface area contributed by atoms with Gasteiger partial charge in [-0.25, -0.2) is 0 Å². The molecule has 1 spiro atoms. The number of piperidine rings is 1. The summed E-state index contributed by atoms with van der Waals surface area (Å²) in [5.41, 5.74) is 6.55. The van der Waals surface area contributed by atoms with Crippen LogP contribution < -0.4 is 5.73 Å². The smallest absolute Gasteiger partial charge is 0.114 e. The molecule has 1 aliphatic carbocycles.